The number of aromatic nitrogens is 4. The molecule has 19 heteroatoms. The van der Waals surface area contributed by atoms with Crippen molar-refractivity contribution < 1.29 is 61.2 Å². The Bertz CT molecular complexity index is 2970. The number of nitrogens with one attached hydrogen (secondary N) is 2. The normalized spacial score (nSPS) is 10.5. The summed E-state index contributed by atoms with van der Waals surface area (Å²) in [6, 6.07) is 48.4. The summed E-state index contributed by atoms with van der Waals surface area (Å²) >= 11 is 3.70. The third-order valence-electron chi connectivity index (χ3n) is 9.68. The van der Waals surface area contributed by atoms with Crippen LogP contribution in [0.15, 0.2) is 182 Å². The average Bonchev–Trinajstić information content (AvgIpc) is 3.38. The van der Waals surface area contributed by atoms with E-state index in [1.165, 1.54) is 66.2 Å². The van der Waals surface area contributed by atoms with Crippen molar-refractivity contribution in [2.75, 3.05) is 4.90 Å². The molecule has 71 heavy (non-hydrogen) atoms. The molecule has 0 aliphatic heterocycles. The fourth-order valence-electron chi connectivity index (χ4n) is 6.54. The molecule has 0 spiro atoms. The van der Waals surface area contributed by atoms with Crippen molar-refractivity contribution in [3.63, 3.8) is 0 Å². The molecule has 0 fully saturated rings. The third kappa shape index (κ3) is 14.8. The number of anilines is 3. The van der Waals surface area contributed by atoms with Crippen LogP contribution in [0.1, 0.15) is 5.69 Å². The number of hydrogen-bond donors (Lipinski definition) is 1. The molecule has 0 atom stereocenters. The fraction of sp³-hybridized carbons (Fsp3) is 0.0192. The van der Waals surface area contributed by atoms with Crippen LogP contribution in [0.25, 0.3) is 61.9 Å². The van der Waals surface area contributed by atoms with Crippen LogP contribution in [0.3, 0.4) is 0 Å². The summed E-state index contributed by atoms with van der Waals surface area (Å²) in [5.74, 6) is 0.760. The maximum absolute atomic E-state index is 12.8. The van der Waals surface area contributed by atoms with E-state index in [-0.39, 0.29) is 48.9 Å². The Morgan fingerprint density at radius 1 is 0.592 bits per heavy atom. The molecular weight excluding hydrogens is 1020 g/mol. The second kappa shape index (κ2) is 26.0. The molecule has 14 nitrogen and oxygen atoms in total. The van der Waals surface area contributed by atoms with Gasteiger partial charge in [0.15, 0.2) is 0 Å². The Labute approximate surface area is 422 Å². The zero-order valence-electron chi connectivity index (χ0n) is 36.6. The Hall–Kier alpha value is -8.89. The molecule has 0 bridgehead atoms. The number of benzene rings is 4. The smallest absolute Gasteiger partial charge is 0.753 e. The van der Waals surface area contributed by atoms with Crippen molar-refractivity contribution in [3.05, 3.63) is 199 Å². The topological polar surface area (TPSA) is 204 Å². The Morgan fingerprint density at radius 2 is 0.986 bits per heavy atom. The van der Waals surface area contributed by atoms with Crippen LogP contribution in [-0.2, 0) is 33.9 Å². The van der Waals surface area contributed by atoms with Crippen LogP contribution in [0, 0.1) is 5.41 Å². The molecule has 0 aliphatic carbocycles. The molecule has 8 rings (SSSR count). The van der Waals surface area contributed by atoms with Gasteiger partial charge >= 0.3 is 25.7 Å². The van der Waals surface area contributed by atoms with E-state index in [9.17, 15) is 27.6 Å². The van der Waals surface area contributed by atoms with E-state index in [2.05, 4.69) is 32.2 Å². The molecule has 0 aliphatic rings. The number of thiocarbonyl (C=S) groups is 1. The van der Waals surface area contributed by atoms with Gasteiger partial charge in [-0.25, -0.2) is 4.98 Å². The van der Waals surface area contributed by atoms with E-state index >= 15 is 0 Å². The molecule has 4 aromatic heterocycles. The second-order valence-electron chi connectivity index (χ2n) is 14.1. The van der Waals surface area contributed by atoms with Gasteiger partial charge in [-0.15, -0.1) is 5.70 Å². The number of halogens is 3. The van der Waals surface area contributed by atoms with E-state index in [1.807, 2.05) is 114 Å². The van der Waals surface area contributed by atoms with Gasteiger partial charge in [0, 0.05) is 53.7 Å². The first-order valence-corrected chi connectivity index (χ1v) is 20.8. The third-order valence-corrected chi connectivity index (χ3v) is 9.68. The number of ether oxygens (including phenoxy) is 3. The predicted molar refractivity (Wildman–Crippen MR) is 263 cm³/mol. The first-order valence-electron chi connectivity index (χ1n) is 20.4. The molecule has 8 aromatic rings. The van der Waals surface area contributed by atoms with E-state index in [0.29, 0.717) is 47.5 Å². The van der Waals surface area contributed by atoms with E-state index in [4.69, 9.17) is 30.8 Å². The van der Waals surface area contributed by atoms with Crippen molar-refractivity contribution in [3.8, 4) is 62.3 Å². The SMILES string of the molecule is N=C(/C=C(\[NH-])c1ccc(N(c2ccc(-c3ccccc3)cc2)c2ccc(-c3ccccc3)cc2)cn1)C(F)(F)F.O=COc1ccnc(-c2cc(OC=O)cc(-c3cc(OC=O)ccn3)n2)c1.[N-]=C=S.[Ru+2]. The molecule has 354 valence electrons. The van der Waals surface area contributed by atoms with Crippen molar-refractivity contribution in [2.24, 2.45) is 0 Å². The number of pyridine rings is 4. The molecule has 4 aromatic carbocycles. The maximum atomic E-state index is 12.8. The van der Waals surface area contributed by atoms with Crippen molar-refractivity contribution >= 4 is 65.3 Å². The summed E-state index contributed by atoms with van der Waals surface area (Å²) < 4.78 is 52.8. The van der Waals surface area contributed by atoms with Gasteiger partial charge < -0.3 is 30.3 Å². The van der Waals surface area contributed by atoms with E-state index < -0.39 is 17.6 Å². The minimum absolute atomic E-state index is 0. The Morgan fingerprint density at radius 3 is 1.38 bits per heavy atom. The Kier molecular flexibility index (Phi) is 19.5. The molecule has 2 N–H and O–H groups in total. The summed E-state index contributed by atoms with van der Waals surface area (Å²) in [4.78, 5) is 50.9. The average molecular weight is 1060 g/mol. The van der Waals surface area contributed by atoms with Gasteiger partial charge in [-0.1, -0.05) is 97.1 Å². The first-order chi connectivity index (χ1) is 33.9. The summed E-state index contributed by atoms with van der Waals surface area (Å²) in [5, 5.41) is 15.6. The number of alkyl halides is 3. The predicted octanol–water partition coefficient (Wildman–Crippen LogP) is 12.3. The molecular formula is C52H35F3N8O6RuS. The van der Waals surface area contributed by atoms with Crippen LogP contribution in [0.4, 0.5) is 30.2 Å². The van der Waals surface area contributed by atoms with E-state index in [1.54, 1.807) is 6.07 Å². The summed E-state index contributed by atoms with van der Waals surface area (Å²) in [6.45, 7) is 0.875. The standard InChI is InChI=1S/C33H24F3N4.C18H11N3O6.CNS.Ru/c34-33(35,36)32(38)21-30(37)31-20-19-29(22-39-31)40(27-15-11-25(12-16-27)23-7-3-1-4-8-23)28-17-13-26(14-18-28)24-9-5-2-6-10-24;22-9-25-12-1-3-19-15(5-12)17-7-14(27-11-24)8-18(21-17)16-6-13(26-10-23)2-4-20-16;2-1-3;/h1-22,37-38H;1-11H;;/q-1;;-1;+2/b30-21-,38-32?;;;. The zero-order chi connectivity index (χ0) is 49.9. The first kappa shape index (κ1) is 53.1. The number of nitrogens with zero attached hydrogens (tertiary/aromatic N) is 6. The quantitative estimate of drug-likeness (QED) is 0.0441. The van der Waals surface area contributed by atoms with Crippen molar-refractivity contribution in [1.82, 2.24) is 19.9 Å². The summed E-state index contributed by atoms with van der Waals surface area (Å²) in [5.41, 5.74) is 14.1. The van der Waals surface area contributed by atoms with Gasteiger partial charge in [0.05, 0.1) is 34.7 Å². The Balaban J connectivity index is 0.000000263. The second-order valence-corrected chi connectivity index (χ2v) is 14.3. The number of isothiocyanates is 1. The minimum Gasteiger partial charge on any atom is -0.753 e. The molecule has 0 saturated heterocycles. The van der Waals surface area contributed by atoms with Gasteiger partial charge in [-0.3, -0.25) is 34.7 Å². The maximum Gasteiger partial charge on any atom is 2.00 e. The van der Waals surface area contributed by atoms with Crippen LogP contribution < -0.4 is 19.1 Å². The van der Waals surface area contributed by atoms with Crippen LogP contribution in [0.2, 0.25) is 0 Å². The van der Waals surface area contributed by atoms with Crippen LogP contribution in [0.5, 0.6) is 17.2 Å². The number of carbonyl (C=O) groups excluding carboxylic acids is 3. The molecule has 0 amide bonds. The monoisotopic (exact) mass is 1060 g/mol. The van der Waals surface area contributed by atoms with Crippen molar-refractivity contribution in [2.45, 2.75) is 6.18 Å². The molecule has 0 radical (unpaired) electrons. The van der Waals surface area contributed by atoms with Crippen LogP contribution in [-0.4, -0.2) is 56.4 Å². The molecule has 4 heterocycles. The summed E-state index contributed by atoms with van der Waals surface area (Å²) in [6.07, 6.45) is 0.0511. The largest absolute Gasteiger partial charge is 2.00 e. The number of allylic oxidation sites excluding steroid dienone is 1. The van der Waals surface area contributed by atoms with Crippen molar-refractivity contribution in [1.29, 1.82) is 5.41 Å². The van der Waals surface area contributed by atoms with Gasteiger partial charge in [-0.05, 0) is 76.9 Å². The van der Waals surface area contributed by atoms with E-state index in [0.717, 1.165) is 33.6 Å². The zero-order valence-corrected chi connectivity index (χ0v) is 39.1. The summed E-state index contributed by atoms with van der Waals surface area (Å²) in [7, 11) is 0. The fourth-order valence-corrected chi connectivity index (χ4v) is 6.54. The number of carbonyl (C=O) groups is 3. The number of hydrogen-bond acceptors (Lipinski definition) is 13. The molecule has 0 unspecified atom stereocenters. The number of rotatable bonds is 15. The van der Waals surface area contributed by atoms with Gasteiger partial charge in [0.25, 0.3) is 19.4 Å². The minimum atomic E-state index is -4.82. The molecule has 0 saturated carbocycles. The van der Waals surface area contributed by atoms with Gasteiger partial charge in [0.2, 0.25) is 0 Å². The van der Waals surface area contributed by atoms with Gasteiger partial charge in [-0.2, -0.15) is 18.3 Å². The van der Waals surface area contributed by atoms with Gasteiger partial charge in [0.1, 0.15) is 23.0 Å². The van der Waals surface area contributed by atoms with Crippen LogP contribution >= 0.6 is 12.2 Å².